The minimum atomic E-state index is -0.535. The van der Waals surface area contributed by atoms with Gasteiger partial charge in [-0.25, -0.2) is 14.4 Å². The molecule has 12 amide bonds. The molecule has 628 valence electrons. The second kappa shape index (κ2) is 38.4. The quantitative estimate of drug-likeness (QED) is 0.0409. The van der Waals surface area contributed by atoms with Crippen LogP contribution in [0.25, 0.3) is 0 Å². The highest BCUT2D eigenvalue weighted by Gasteiger charge is 2.50. The maximum absolute atomic E-state index is 13.7. The Morgan fingerprint density at radius 2 is 0.788 bits per heavy atom. The Morgan fingerprint density at radius 3 is 1.14 bits per heavy atom. The molecule has 4 aromatic rings. The van der Waals surface area contributed by atoms with Crippen molar-refractivity contribution in [1.29, 1.82) is 0 Å². The third-order valence-corrected chi connectivity index (χ3v) is 23.9. The summed E-state index contributed by atoms with van der Waals surface area (Å²) >= 11 is 0. The van der Waals surface area contributed by atoms with E-state index in [-0.39, 0.29) is 89.5 Å². The number of carbonyl (C=O) groups excluding carboxylic acids is 9. The Bertz CT molecular complexity index is 4450. The Balaban J connectivity index is 0.000000175. The predicted molar refractivity (Wildman–Crippen MR) is 462 cm³/mol. The molecule has 9 heterocycles. The van der Waals surface area contributed by atoms with Crippen molar-refractivity contribution in [2.45, 2.75) is 121 Å². The number of benzene rings is 4. The lowest BCUT2D eigenvalue weighted by Crippen LogP contribution is -2.52. The average molecular weight is 1610 g/mol. The zero-order chi connectivity index (χ0) is 84.9. The zero-order valence-corrected chi connectivity index (χ0v) is 70.7. The van der Waals surface area contributed by atoms with Crippen LogP contribution >= 0.6 is 0 Å². The first-order valence-electron chi connectivity index (χ1n) is 41.0. The number of likely N-dealkylation sites (N-methyl/N-ethyl adjacent to an activating group) is 3. The lowest BCUT2D eigenvalue weighted by Gasteiger charge is -2.36. The van der Waals surface area contributed by atoms with Crippen LogP contribution in [-0.4, -0.2) is 278 Å². The zero-order valence-electron chi connectivity index (χ0n) is 70.7. The normalized spacial score (nSPS) is 20.8. The van der Waals surface area contributed by atoms with Gasteiger partial charge in [-0.15, -0.1) is 0 Å². The average Bonchev–Trinajstić information content (AvgIpc) is 1.60. The fourth-order valence-electron chi connectivity index (χ4n) is 17.1. The van der Waals surface area contributed by atoms with Crippen molar-refractivity contribution in [3.8, 4) is 0 Å². The van der Waals surface area contributed by atoms with E-state index in [1.807, 2.05) is 181 Å². The predicted octanol–water partition coefficient (Wildman–Crippen LogP) is 8.51. The number of hydrogen-bond acceptors (Lipinski definition) is 16. The van der Waals surface area contributed by atoms with Crippen molar-refractivity contribution >= 4 is 76.7 Å². The maximum atomic E-state index is 13.7. The molecule has 13 rings (SSSR count). The molecule has 28 heteroatoms. The van der Waals surface area contributed by atoms with Crippen LogP contribution in [-0.2, 0) is 24.0 Å². The van der Waals surface area contributed by atoms with Gasteiger partial charge < -0.3 is 81.3 Å². The molecule has 1 unspecified atom stereocenters. The van der Waals surface area contributed by atoms with Crippen LogP contribution < -0.4 is 37.2 Å². The van der Waals surface area contributed by atoms with Crippen LogP contribution in [0.1, 0.15) is 125 Å². The number of anilines is 1. The van der Waals surface area contributed by atoms with Gasteiger partial charge in [0.2, 0.25) is 29.5 Å². The lowest BCUT2D eigenvalue weighted by atomic mass is 9.94. The number of likely N-dealkylation sites (tertiary alicyclic amines) is 3. The minimum Gasteiger partial charge on any atom is -0.366 e. The Hall–Kier alpha value is -11.4. The van der Waals surface area contributed by atoms with E-state index in [1.165, 1.54) is 18.2 Å². The maximum Gasteiger partial charge on any atom is 0.318 e. The van der Waals surface area contributed by atoms with E-state index < -0.39 is 16.6 Å². The second-order valence-corrected chi connectivity index (χ2v) is 34.0. The summed E-state index contributed by atoms with van der Waals surface area (Å²) in [5.41, 5.74) is 8.97. The molecule has 0 spiro atoms. The van der Waals surface area contributed by atoms with Crippen molar-refractivity contribution in [1.82, 2.24) is 76.0 Å². The van der Waals surface area contributed by atoms with Gasteiger partial charge in [0, 0.05) is 92.9 Å². The first-order chi connectivity index (χ1) is 56.3. The Labute approximate surface area is 694 Å². The summed E-state index contributed by atoms with van der Waals surface area (Å²) in [6.07, 6.45) is 8.58. The number of piperidine rings is 3. The second-order valence-electron chi connectivity index (χ2n) is 34.0. The molecule has 6 atom stereocenters. The van der Waals surface area contributed by atoms with Crippen LogP contribution in [0, 0.1) is 11.8 Å². The van der Waals surface area contributed by atoms with Crippen molar-refractivity contribution in [2.75, 3.05) is 146 Å². The summed E-state index contributed by atoms with van der Waals surface area (Å²) < 4.78 is 0. The SMILES string of the molecule is C=CC(=O)N1CCC[C@@H](C(=O)NC2=NCC3=C2CN(C(=O)N[C@H](CN(C)C)c2ccccc2)C3(C)C)C1.C=CC(=O)N1CCC[C@H](C(=O)NC2=NCC3=C2CN(C(=O)N[C@H](CN(C)C)c2ccccc2)C3(C)C)C1.C=CC(=O)Nc1ccc(C(=O)N2CCCC(NC3=NCC4=C3CN(C(=O)N[C@H](CN(C)C)c3ccccc3)C4(C)C)C2)cc1. The molecule has 118 heavy (non-hydrogen) atoms. The van der Waals surface area contributed by atoms with E-state index in [4.69, 9.17) is 4.99 Å². The number of aliphatic imine (C=N–C) groups is 3. The smallest absolute Gasteiger partial charge is 0.318 e. The molecular weight excluding hydrogens is 1490 g/mol. The largest absolute Gasteiger partial charge is 0.366 e. The summed E-state index contributed by atoms with van der Waals surface area (Å²) in [5.74, 6) is 0.428. The molecule has 7 N–H and O–H groups in total. The highest BCUT2D eigenvalue weighted by molar-refractivity contribution is 6.13. The van der Waals surface area contributed by atoms with E-state index in [1.54, 1.807) is 34.1 Å². The van der Waals surface area contributed by atoms with Crippen molar-refractivity contribution in [3.63, 3.8) is 0 Å². The fourth-order valence-corrected chi connectivity index (χ4v) is 17.1. The van der Waals surface area contributed by atoms with Crippen LogP contribution in [0.4, 0.5) is 20.1 Å². The van der Waals surface area contributed by atoms with E-state index >= 15 is 0 Å². The van der Waals surface area contributed by atoms with Gasteiger partial charge in [0.15, 0.2) is 0 Å². The van der Waals surface area contributed by atoms with Crippen LogP contribution in [0.3, 0.4) is 0 Å². The van der Waals surface area contributed by atoms with Gasteiger partial charge in [-0.05, 0) is 198 Å². The van der Waals surface area contributed by atoms with Crippen molar-refractivity contribution < 1.29 is 43.2 Å². The number of carbonyl (C=O) groups is 9. The number of nitrogens with one attached hydrogen (secondary N) is 7. The van der Waals surface area contributed by atoms with Crippen LogP contribution in [0.5, 0.6) is 0 Å². The number of urea groups is 3. The molecule has 3 fully saturated rings. The van der Waals surface area contributed by atoms with Gasteiger partial charge in [0.25, 0.3) is 5.91 Å². The number of rotatable bonds is 20. The third-order valence-electron chi connectivity index (χ3n) is 23.9. The summed E-state index contributed by atoms with van der Waals surface area (Å²) in [7, 11) is 12.0. The van der Waals surface area contributed by atoms with Crippen molar-refractivity contribution in [3.05, 3.63) is 209 Å². The van der Waals surface area contributed by atoms with E-state index in [0.717, 1.165) is 94.5 Å². The molecule has 9 aliphatic rings. The summed E-state index contributed by atoms with van der Waals surface area (Å²) in [6.45, 7) is 30.9. The number of hydrogen-bond donors (Lipinski definition) is 7. The number of amides is 12. The summed E-state index contributed by atoms with van der Waals surface area (Å²) in [6, 6.07) is 36.1. The van der Waals surface area contributed by atoms with Gasteiger partial charge >= 0.3 is 18.1 Å². The standard InChI is InChI=1S/C34H43N7O3.2C28H38N6O3/c1-6-30(42)36-25-16-14-24(15-17-25)32(43)40-18-10-13-26(20-40)37-31-27-21-41(34(2,3)28(27)19-35-31)33(44)38-29(22-39(4)5)23-11-8-7-9-12-23;2*1-6-24(35)33-14-10-13-20(16-33)26(36)31-25-21-17-34(28(2,3)22(21)15-29-25)27(37)30-23(18-32(4)5)19-11-8-7-9-12-19/h6-9,11-12,14-17,26,29H,1,10,13,18-22H2,2-5H3,(H,35,37)(H,36,42)(H,38,44);2*6-9,11-12,20,23H,1,10,13-18H2,2-5H3,(H,30,37)(H,29,31,36)/t26?,29-;20-,23+;20-,23-/m101/s1. The molecule has 0 radical (unpaired) electrons. The van der Waals surface area contributed by atoms with Crippen LogP contribution in [0.2, 0.25) is 0 Å². The molecule has 0 saturated carbocycles. The molecule has 0 aromatic heterocycles. The summed E-state index contributed by atoms with van der Waals surface area (Å²) in [5, 5.41) is 22.1. The monoisotopic (exact) mass is 1610 g/mol. The highest BCUT2D eigenvalue weighted by Crippen LogP contribution is 2.42. The van der Waals surface area contributed by atoms with Crippen molar-refractivity contribution in [2.24, 2.45) is 26.8 Å². The third kappa shape index (κ3) is 20.6. The molecule has 28 nitrogen and oxygen atoms in total. The highest BCUT2D eigenvalue weighted by atomic mass is 16.2. The molecule has 9 aliphatic heterocycles. The van der Waals surface area contributed by atoms with Crippen LogP contribution in [0.15, 0.2) is 202 Å². The molecule has 0 bridgehead atoms. The molecule has 4 aromatic carbocycles. The molecular formula is C90H119N19O9. The van der Waals surface area contributed by atoms with Gasteiger partial charge in [-0.2, -0.15) is 0 Å². The molecule has 0 aliphatic carbocycles. The minimum absolute atomic E-state index is 0.0399. The topological polar surface area (TPSA) is 304 Å². The van der Waals surface area contributed by atoms with E-state index in [9.17, 15) is 43.2 Å². The first kappa shape index (κ1) is 87.5. The van der Waals surface area contributed by atoms with Gasteiger partial charge in [0.05, 0.1) is 85.8 Å². The Kier molecular flexibility index (Phi) is 28.4. The Morgan fingerprint density at radius 1 is 0.441 bits per heavy atom. The number of nitrogens with zero attached hydrogens (tertiary/aromatic N) is 12. The van der Waals surface area contributed by atoms with Gasteiger partial charge in [-0.3, -0.25) is 43.7 Å². The first-order valence-corrected chi connectivity index (χ1v) is 41.0. The van der Waals surface area contributed by atoms with Gasteiger partial charge in [0.1, 0.15) is 17.5 Å². The lowest BCUT2D eigenvalue weighted by molar-refractivity contribution is -0.133. The molecule has 3 saturated heterocycles. The van der Waals surface area contributed by atoms with E-state index in [2.05, 4.69) is 95.5 Å². The van der Waals surface area contributed by atoms with Gasteiger partial charge in [-0.1, -0.05) is 111 Å². The summed E-state index contributed by atoms with van der Waals surface area (Å²) in [4.78, 5) is 147. The van der Waals surface area contributed by atoms with E-state index in [0.29, 0.717) is 121 Å². The number of amidine groups is 3. The fraction of sp³-hybridized carbons (Fsp3) is 0.467.